The first-order chi connectivity index (χ1) is 14.4. The van der Waals surface area contributed by atoms with Gasteiger partial charge in [0.15, 0.2) is 22.1 Å². The van der Waals surface area contributed by atoms with Crippen molar-refractivity contribution in [2.24, 2.45) is 0 Å². The number of nitrogens with zero attached hydrogens (tertiary/aromatic N) is 4. The average molecular weight is 423 g/mol. The van der Waals surface area contributed by atoms with Crippen LogP contribution in [0.2, 0.25) is 0 Å². The van der Waals surface area contributed by atoms with Gasteiger partial charge >= 0.3 is 0 Å². The third kappa shape index (κ3) is 4.23. The molecule has 0 unspecified atom stereocenters. The smallest absolute Gasteiger partial charge is 0.175 e. The molecule has 2 aromatic heterocycles. The van der Waals surface area contributed by atoms with Gasteiger partial charge in [0.05, 0.1) is 6.61 Å². The zero-order valence-electron chi connectivity index (χ0n) is 17.5. The van der Waals surface area contributed by atoms with Gasteiger partial charge in [-0.3, -0.25) is 0 Å². The summed E-state index contributed by atoms with van der Waals surface area (Å²) in [7, 11) is 0. The molecule has 1 aliphatic rings. The number of nitrogen functional groups attached to an aromatic ring is 1. The molecule has 3 N–H and O–H groups in total. The van der Waals surface area contributed by atoms with Crippen molar-refractivity contribution in [3.63, 3.8) is 0 Å². The number of ether oxygens (including phenoxy) is 1. The van der Waals surface area contributed by atoms with E-state index in [1.807, 2.05) is 12.1 Å². The number of terminal acetylenes is 1. The topological polar surface area (TPSA) is 90.9 Å². The average Bonchev–Trinajstić information content (AvgIpc) is 3.29. The summed E-state index contributed by atoms with van der Waals surface area (Å²) in [4.78, 5) is 14.2. The van der Waals surface area contributed by atoms with Crippen LogP contribution in [-0.4, -0.2) is 38.2 Å². The lowest BCUT2D eigenvalue weighted by Gasteiger charge is -2.20. The van der Waals surface area contributed by atoms with E-state index in [9.17, 15) is 0 Å². The Hall–Kier alpha value is -2.76. The Morgan fingerprint density at radius 3 is 2.93 bits per heavy atom. The predicted octanol–water partition coefficient (Wildman–Crippen LogP) is 3.25. The molecule has 0 saturated carbocycles. The minimum atomic E-state index is 0.0767. The van der Waals surface area contributed by atoms with Crippen LogP contribution in [0.25, 0.3) is 11.2 Å². The SMILES string of the molecule is C#Cc1cc2c(cc1Sc1nc3c(N)ncnc3n1CCCNC(C)(C)C)OCC2. The second kappa shape index (κ2) is 8.17. The molecule has 0 fully saturated rings. The number of hydrogen-bond acceptors (Lipinski definition) is 7. The van der Waals surface area contributed by atoms with Crippen molar-refractivity contribution in [1.29, 1.82) is 0 Å². The number of anilines is 1. The monoisotopic (exact) mass is 422 g/mol. The summed E-state index contributed by atoms with van der Waals surface area (Å²) >= 11 is 1.52. The molecule has 30 heavy (non-hydrogen) atoms. The fourth-order valence-corrected chi connectivity index (χ4v) is 4.43. The molecule has 1 aromatic carbocycles. The van der Waals surface area contributed by atoms with Gasteiger partial charge in [0, 0.05) is 29.0 Å². The molecule has 0 atom stereocenters. The maximum Gasteiger partial charge on any atom is 0.175 e. The van der Waals surface area contributed by atoms with E-state index in [4.69, 9.17) is 21.9 Å². The summed E-state index contributed by atoms with van der Waals surface area (Å²) < 4.78 is 7.83. The molecular formula is C22H26N6OS. The molecule has 0 spiro atoms. The standard InChI is InChI=1S/C22H26N6OS/c1-5-14-11-15-7-10-29-16(15)12-17(14)30-21-27-18-19(23)24-13-25-20(18)28(21)9-6-8-26-22(2,3)4/h1,11-13,26H,6-10H2,2-4H3,(H2,23,24,25). The van der Waals surface area contributed by atoms with Crippen molar-refractivity contribution in [3.8, 4) is 18.1 Å². The van der Waals surface area contributed by atoms with Crippen LogP contribution in [0.15, 0.2) is 28.5 Å². The van der Waals surface area contributed by atoms with Gasteiger partial charge in [0.2, 0.25) is 0 Å². The molecule has 0 aliphatic carbocycles. The second-order valence-corrected chi connectivity index (χ2v) is 9.32. The van der Waals surface area contributed by atoms with Crippen LogP contribution in [0.5, 0.6) is 5.75 Å². The van der Waals surface area contributed by atoms with Crippen molar-refractivity contribution in [1.82, 2.24) is 24.8 Å². The first-order valence-corrected chi connectivity index (χ1v) is 10.8. The second-order valence-electron chi connectivity index (χ2n) is 8.31. The maximum atomic E-state index is 6.07. The van der Waals surface area contributed by atoms with Crippen LogP contribution in [-0.2, 0) is 13.0 Å². The summed E-state index contributed by atoms with van der Waals surface area (Å²) in [6.07, 6.45) is 9.09. The molecule has 7 nitrogen and oxygen atoms in total. The summed E-state index contributed by atoms with van der Waals surface area (Å²) in [6.45, 7) is 8.81. The van der Waals surface area contributed by atoms with Gasteiger partial charge in [-0.2, -0.15) is 0 Å². The third-order valence-corrected chi connectivity index (χ3v) is 5.94. The van der Waals surface area contributed by atoms with Gasteiger partial charge in [-0.25, -0.2) is 15.0 Å². The molecule has 0 bridgehead atoms. The lowest BCUT2D eigenvalue weighted by atomic mass is 10.1. The van der Waals surface area contributed by atoms with Gasteiger partial charge in [-0.15, -0.1) is 6.42 Å². The summed E-state index contributed by atoms with van der Waals surface area (Å²) in [5.74, 6) is 4.08. The zero-order valence-corrected chi connectivity index (χ0v) is 18.3. The van der Waals surface area contributed by atoms with Crippen LogP contribution in [0, 0.1) is 12.3 Å². The summed E-state index contributed by atoms with van der Waals surface area (Å²) in [5.41, 5.74) is 9.50. The highest BCUT2D eigenvalue weighted by Gasteiger charge is 2.20. The van der Waals surface area contributed by atoms with Crippen molar-refractivity contribution in [2.75, 3.05) is 18.9 Å². The van der Waals surface area contributed by atoms with E-state index in [0.717, 1.165) is 58.5 Å². The van der Waals surface area contributed by atoms with Gasteiger partial charge in [-0.1, -0.05) is 17.7 Å². The van der Waals surface area contributed by atoms with E-state index in [2.05, 4.69) is 46.5 Å². The summed E-state index contributed by atoms with van der Waals surface area (Å²) in [5, 5.41) is 4.31. The number of fused-ring (bicyclic) bond motifs is 2. The fourth-order valence-electron chi connectivity index (χ4n) is 3.42. The van der Waals surface area contributed by atoms with Crippen molar-refractivity contribution in [2.45, 2.75) is 55.7 Å². The Morgan fingerprint density at radius 1 is 1.33 bits per heavy atom. The number of nitrogens with one attached hydrogen (secondary N) is 1. The van der Waals surface area contributed by atoms with E-state index < -0.39 is 0 Å². The Morgan fingerprint density at radius 2 is 2.17 bits per heavy atom. The van der Waals surface area contributed by atoms with E-state index in [-0.39, 0.29) is 5.54 Å². The van der Waals surface area contributed by atoms with Crippen molar-refractivity contribution in [3.05, 3.63) is 29.6 Å². The first-order valence-electron chi connectivity index (χ1n) is 10.0. The van der Waals surface area contributed by atoms with Crippen LogP contribution >= 0.6 is 11.8 Å². The van der Waals surface area contributed by atoms with E-state index in [0.29, 0.717) is 17.9 Å². The molecule has 3 heterocycles. The summed E-state index contributed by atoms with van der Waals surface area (Å²) in [6, 6.07) is 4.06. The minimum Gasteiger partial charge on any atom is -0.493 e. The largest absolute Gasteiger partial charge is 0.493 e. The molecule has 1 aliphatic heterocycles. The number of aryl methyl sites for hydroxylation is 1. The van der Waals surface area contributed by atoms with Crippen LogP contribution in [0.1, 0.15) is 38.3 Å². The lowest BCUT2D eigenvalue weighted by molar-refractivity contribution is 0.356. The number of imidazole rings is 1. The number of benzene rings is 1. The first kappa shape index (κ1) is 20.5. The Labute approximate surface area is 180 Å². The third-order valence-electron chi connectivity index (χ3n) is 4.89. The van der Waals surface area contributed by atoms with Gasteiger partial charge in [-0.05, 0) is 51.4 Å². The normalized spacial score (nSPS) is 13.3. The molecule has 156 valence electrons. The fraction of sp³-hybridized carbons (Fsp3) is 0.409. The Bertz CT molecular complexity index is 1130. The number of nitrogens with two attached hydrogens (primary N) is 1. The van der Waals surface area contributed by atoms with Crippen LogP contribution in [0.3, 0.4) is 0 Å². The van der Waals surface area contributed by atoms with Crippen LogP contribution < -0.4 is 15.8 Å². The molecule has 0 saturated heterocycles. The quantitative estimate of drug-likeness (QED) is 0.465. The molecule has 8 heteroatoms. The highest BCUT2D eigenvalue weighted by molar-refractivity contribution is 7.99. The van der Waals surface area contributed by atoms with Crippen molar-refractivity contribution < 1.29 is 4.74 Å². The van der Waals surface area contributed by atoms with E-state index >= 15 is 0 Å². The molecule has 4 rings (SSSR count). The van der Waals surface area contributed by atoms with Gasteiger partial charge in [0.25, 0.3) is 0 Å². The molecule has 0 amide bonds. The number of aromatic nitrogens is 4. The minimum absolute atomic E-state index is 0.0767. The zero-order chi connectivity index (χ0) is 21.3. The van der Waals surface area contributed by atoms with Gasteiger partial charge < -0.3 is 20.4 Å². The van der Waals surface area contributed by atoms with E-state index in [1.165, 1.54) is 18.1 Å². The molecular weight excluding hydrogens is 396 g/mol. The highest BCUT2D eigenvalue weighted by Crippen LogP contribution is 2.38. The molecule has 3 aromatic rings. The highest BCUT2D eigenvalue weighted by atomic mass is 32.2. The maximum absolute atomic E-state index is 6.07. The lowest BCUT2D eigenvalue weighted by Crippen LogP contribution is -2.36. The predicted molar refractivity (Wildman–Crippen MR) is 120 cm³/mol. The van der Waals surface area contributed by atoms with Crippen LogP contribution in [0.4, 0.5) is 5.82 Å². The Balaban J connectivity index is 1.67. The van der Waals surface area contributed by atoms with Gasteiger partial charge in [0.1, 0.15) is 12.1 Å². The van der Waals surface area contributed by atoms with Crippen molar-refractivity contribution >= 4 is 28.7 Å². The number of hydrogen-bond donors (Lipinski definition) is 2. The molecule has 0 radical (unpaired) electrons. The van der Waals surface area contributed by atoms with E-state index in [1.54, 1.807) is 0 Å². The Kier molecular flexibility index (Phi) is 5.58. The number of rotatable bonds is 6.